The van der Waals surface area contributed by atoms with Gasteiger partial charge in [0, 0.05) is 38.3 Å². The molecule has 1 aromatic rings. The zero-order valence-electron chi connectivity index (χ0n) is 13.7. The van der Waals surface area contributed by atoms with Gasteiger partial charge in [0.05, 0.1) is 0 Å². The molecule has 2 rings (SSSR count). The Labute approximate surface area is 128 Å². The number of benzene rings is 1. The Morgan fingerprint density at radius 3 is 2.48 bits per heavy atom. The number of amides is 1. The van der Waals surface area contributed by atoms with Crippen LogP contribution in [0.2, 0.25) is 0 Å². The molecule has 1 fully saturated rings. The van der Waals surface area contributed by atoms with Gasteiger partial charge in [-0.05, 0) is 30.9 Å². The third kappa shape index (κ3) is 3.78. The summed E-state index contributed by atoms with van der Waals surface area (Å²) in [5, 5.41) is 0. The van der Waals surface area contributed by atoms with E-state index in [-0.39, 0.29) is 0 Å². The van der Waals surface area contributed by atoms with E-state index < -0.39 is 0 Å². The van der Waals surface area contributed by atoms with Gasteiger partial charge in [-0.2, -0.15) is 0 Å². The summed E-state index contributed by atoms with van der Waals surface area (Å²) in [6, 6.07) is 6.55. The zero-order valence-corrected chi connectivity index (χ0v) is 13.7. The van der Waals surface area contributed by atoms with Crippen LogP contribution in [0.25, 0.3) is 0 Å². The highest BCUT2D eigenvalue weighted by molar-refractivity contribution is 5.76. The molecule has 0 aromatic heterocycles. The van der Waals surface area contributed by atoms with Crippen molar-refractivity contribution in [1.82, 2.24) is 4.90 Å². The number of hydrogen-bond acceptors (Lipinski definition) is 2. The Kier molecular flexibility index (Phi) is 5.66. The van der Waals surface area contributed by atoms with E-state index in [0.29, 0.717) is 12.3 Å². The number of anilines is 1. The average molecular weight is 288 g/mol. The summed E-state index contributed by atoms with van der Waals surface area (Å²) in [5.74, 6) is 0.331. The molecule has 0 radical (unpaired) electrons. The number of para-hydroxylation sites is 1. The van der Waals surface area contributed by atoms with Crippen LogP contribution in [0.3, 0.4) is 0 Å². The van der Waals surface area contributed by atoms with Gasteiger partial charge in [-0.25, -0.2) is 0 Å². The summed E-state index contributed by atoms with van der Waals surface area (Å²) in [6.07, 6.45) is 3.87. The van der Waals surface area contributed by atoms with Crippen molar-refractivity contribution in [3.8, 4) is 0 Å². The molecular formula is C18H28N2O. The van der Waals surface area contributed by atoms with Gasteiger partial charge < -0.3 is 9.80 Å². The number of unbranched alkanes of at least 4 members (excludes halogenated alkanes) is 1. The van der Waals surface area contributed by atoms with Crippen molar-refractivity contribution in [2.75, 3.05) is 31.1 Å². The van der Waals surface area contributed by atoms with Gasteiger partial charge in [-0.15, -0.1) is 0 Å². The molecule has 1 aromatic carbocycles. The van der Waals surface area contributed by atoms with Crippen molar-refractivity contribution in [2.24, 2.45) is 0 Å². The van der Waals surface area contributed by atoms with Crippen LogP contribution < -0.4 is 4.90 Å². The highest BCUT2D eigenvalue weighted by Crippen LogP contribution is 2.26. The van der Waals surface area contributed by atoms with E-state index in [1.807, 2.05) is 4.90 Å². The van der Waals surface area contributed by atoms with Crippen molar-refractivity contribution < 1.29 is 4.79 Å². The highest BCUT2D eigenvalue weighted by Gasteiger charge is 2.22. The first-order valence-corrected chi connectivity index (χ1v) is 8.28. The molecule has 0 aliphatic carbocycles. The molecule has 0 bridgehead atoms. The topological polar surface area (TPSA) is 23.6 Å². The summed E-state index contributed by atoms with van der Waals surface area (Å²) in [7, 11) is 0. The minimum Gasteiger partial charge on any atom is -0.368 e. The quantitative estimate of drug-likeness (QED) is 0.829. The van der Waals surface area contributed by atoms with Crippen LogP contribution in [0.4, 0.5) is 5.69 Å². The Balaban J connectivity index is 2.00. The van der Waals surface area contributed by atoms with Crippen LogP contribution in [0.5, 0.6) is 0 Å². The maximum atomic E-state index is 12.1. The number of carbonyl (C=O) groups excluding carboxylic acids is 1. The van der Waals surface area contributed by atoms with Gasteiger partial charge in [0.15, 0.2) is 0 Å². The van der Waals surface area contributed by atoms with Crippen LogP contribution in [-0.2, 0) is 11.2 Å². The normalized spacial score (nSPS) is 15.4. The van der Waals surface area contributed by atoms with Gasteiger partial charge in [0.1, 0.15) is 0 Å². The number of hydrogen-bond donors (Lipinski definition) is 0. The summed E-state index contributed by atoms with van der Waals surface area (Å²) < 4.78 is 0. The summed E-state index contributed by atoms with van der Waals surface area (Å²) in [5.41, 5.74) is 4.15. The Morgan fingerprint density at radius 1 is 1.14 bits per heavy atom. The lowest BCUT2D eigenvalue weighted by molar-refractivity contribution is -0.131. The van der Waals surface area contributed by atoms with Gasteiger partial charge in [-0.1, -0.05) is 38.5 Å². The van der Waals surface area contributed by atoms with E-state index in [0.717, 1.165) is 45.4 Å². The molecule has 116 valence electrons. The molecule has 3 nitrogen and oxygen atoms in total. The van der Waals surface area contributed by atoms with Crippen molar-refractivity contribution >= 4 is 11.6 Å². The van der Waals surface area contributed by atoms with Gasteiger partial charge >= 0.3 is 0 Å². The minimum absolute atomic E-state index is 0.331. The Hall–Kier alpha value is -1.51. The number of nitrogens with zero attached hydrogens (tertiary/aromatic N) is 2. The van der Waals surface area contributed by atoms with Crippen LogP contribution in [0.1, 0.15) is 44.2 Å². The number of carbonyl (C=O) groups is 1. The van der Waals surface area contributed by atoms with E-state index in [1.165, 1.54) is 16.8 Å². The first kappa shape index (κ1) is 15.9. The van der Waals surface area contributed by atoms with Crippen LogP contribution in [-0.4, -0.2) is 37.0 Å². The lowest BCUT2D eigenvalue weighted by Gasteiger charge is -2.38. The molecule has 1 aliphatic rings. The Morgan fingerprint density at radius 2 is 1.86 bits per heavy atom. The van der Waals surface area contributed by atoms with E-state index in [1.54, 1.807) is 0 Å². The molecule has 3 heteroatoms. The van der Waals surface area contributed by atoms with Gasteiger partial charge in [-0.3, -0.25) is 4.79 Å². The maximum absolute atomic E-state index is 12.1. The summed E-state index contributed by atoms with van der Waals surface area (Å²) >= 11 is 0. The van der Waals surface area contributed by atoms with Crippen molar-refractivity contribution in [3.05, 3.63) is 29.3 Å². The van der Waals surface area contributed by atoms with Gasteiger partial charge in [0.25, 0.3) is 0 Å². The van der Waals surface area contributed by atoms with Crippen LogP contribution in [0, 0.1) is 6.92 Å². The molecule has 1 heterocycles. The largest absolute Gasteiger partial charge is 0.368 e. The maximum Gasteiger partial charge on any atom is 0.222 e. The van der Waals surface area contributed by atoms with E-state index in [9.17, 15) is 4.79 Å². The minimum atomic E-state index is 0.331. The number of aryl methyl sites for hydroxylation is 2. The first-order chi connectivity index (χ1) is 10.2. The predicted molar refractivity (Wildman–Crippen MR) is 88.9 cm³/mol. The molecule has 1 aliphatic heterocycles. The molecule has 21 heavy (non-hydrogen) atoms. The summed E-state index contributed by atoms with van der Waals surface area (Å²) in [6.45, 7) is 10.2. The fourth-order valence-electron chi connectivity index (χ4n) is 3.12. The third-order valence-corrected chi connectivity index (χ3v) is 4.40. The molecule has 0 spiro atoms. The molecule has 0 unspecified atom stereocenters. The van der Waals surface area contributed by atoms with E-state index in [2.05, 4.69) is 43.9 Å². The second-order valence-corrected chi connectivity index (χ2v) is 5.91. The van der Waals surface area contributed by atoms with E-state index >= 15 is 0 Å². The van der Waals surface area contributed by atoms with Crippen molar-refractivity contribution in [2.45, 2.75) is 46.5 Å². The molecular weight excluding hydrogens is 260 g/mol. The second kappa shape index (κ2) is 7.48. The number of rotatable bonds is 5. The molecule has 1 saturated heterocycles. The zero-order chi connectivity index (χ0) is 15.2. The fourth-order valence-corrected chi connectivity index (χ4v) is 3.12. The molecule has 0 N–H and O–H groups in total. The van der Waals surface area contributed by atoms with Crippen LogP contribution >= 0.6 is 0 Å². The molecule has 0 atom stereocenters. The standard InChI is InChI=1S/C18H28N2O/c1-4-6-10-17(21)19-11-13-20(14-12-19)18-15(3)8-7-9-16(18)5-2/h7-9H,4-6,10-14H2,1-3H3. The third-order valence-electron chi connectivity index (χ3n) is 4.40. The lowest BCUT2D eigenvalue weighted by Crippen LogP contribution is -2.49. The first-order valence-electron chi connectivity index (χ1n) is 8.28. The predicted octanol–water partition coefficient (Wildman–Crippen LogP) is 3.40. The summed E-state index contributed by atoms with van der Waals surface area (Å²) in [4.78, 5) is 16.6. The SMILES string of the molecule is CCCCC(=O)N1CCN(c2c(C)cccc2CC)CC1. The van der Waals surface area contributed by atoms with Crippen molar-refractivity contribution in [1.29, 1.82) is 0 Å². The second-order valence-electron chi connectivity index (χ2n) is 5.91. The highest BCUT2D eigenvalue weighted by atomic mass is 16.2. The van der Waals surface area contributed by atoms with Gasteiger partial charge in [0.2, 0.25) is 5.91 Å². The monoisotopic (exact) mass is 288 g/mol. The number of piperazine rings is 1. The fraction of sp³-hybridized carbons (Fsp3) is 0.611. The molecule has 0 saturated carbocycles. The van der Waals surface area contributed by atoms with E-state index in [4.69, 9.17) is 0 Å². The van der Waals surface area contributed by atoms with Crippen molar-refractivity contribution in [3.63, 3.8) is 0 Å². The Bertz CT molecular complexity index is 476. The smallest absolute Gasteiger partial charge is 0.222 e. The average Bonchev–Trinajstić information content (AvgIpc) is 2.52. The lowest BCUT2D eigenvalue weighted by atomic mass is 10.0. The molecule has 1 amide bonds. The van der Waals surface area contributed by atoms with Crippen LogP contribution in [0.15, 0.2) is 18.2 Å².